The van der Waals surface area contributed by atoms with E-state index < -0.39 is 0 Å². The second-order valence-electron chi connectivity index (χ2n) is 31.0. The van der Waals surface area contributed by atoms with Gasteiger partial charge in [0.25, 0.3) is 0 Å². The fraction of sp³-hybridized carbons (Fsp3) is 0.131. The van der Waals surface area contributed by atoms with E-state index in [1.54, 1.807) is 0 Å². The first-order valence-corrected chi connectivity index (χ1v) is 41.7. The third-order valence-corrected chi connectivity index (χ3v) is 22.8. The summed E-state index contributed by atoms with van der Waals surface area (Å²) in [7, 11) is 0. The van der Waals surface area contributed by atoms with E-state index in [1.165, 1.54) is 19.9 Å². The Kier molecular flexibility index (Phi) is 25.2. The van der Waals surface area contributed by atoms with Crippen LogP contribution in [0.4, 0.5) is 0 Å². The van der Waals surface area contributed by atoms with E-state index >= 15 is 0 Å². The molecule has 12 aromatic carbocycles. The van der Waals surface area contributed by atoms with E-state index in [1.807, 2.05) is 260 Å². The SMILES string of the molecule is CC(=O)C=C(C)O.Cc1nc2n(c1C)-c1ccccc1Oc1ccc[c-]c1-2.Cc1nc2n(c1C)-c1ccccc1Oc1ccc[c-]c1-2.Cc1nc2n(c1C)-c1ccccc1Oc1ccc[c-]c1-2.Cc1nc2n(c1C)-c1ccccc1Oc1ccc[c-]c1-2.Cc1nc2n(c1C)-c1ccccc1Oc1ccc[c-]c1-2.Cc1nc2n(c1C)-c1ccccc1Oc1ccccc1-2.[Ir+3].[Ir]. The number of hydrogen-bond donors (Lipinski definition) is 1. The molecule has 129 heavy (non-hydrogen) atoms. The summed E-state index contributed by atoms with van der Waals surface area (Å²) in [5.74, 6) is 15.2. The average molecular weight is 2050 g/mol. The van der Waals surface area contributed by atoms with Crippen molar-refractivity contribution < 1.29 is 78.5 Å². The second-order valence-corrected chi connectivity index (χ2v) is 31.0. The Morgan fingerprint density at radius 3 is 0.651 bits per heavy atom. The van der Waals surface area contributed by atoms with Gasteiger partial charge in [0.15, 0.2) is 11.5 Å². The number of ketones is 1. The first kappa shape index (κ1) is 87.7. The van der Waals surface area contributed by atoms with Crippen LogP contribution in [0, 0.1) is 113 Å². The molecule has 0 saturated heterocycles. The van der Waals surface area contributed by atoms with Crippen LogP contribution in [-0.4, -0.2) is 68.2 Å². The van der Waals surface area contributed by atoms with Crippen LogP contribution >= 0.6 is 0 Å². The van der Waals surface area contributed by atoms with Crippen molar-refractivity contribution in [3.8, 4) is 171 Å². The smallest absolute Gasteiger partial charge is 0.512 e. The Balaban J connectivity index is 0.000000111. The molecule has 22 heteroatoms. The number of aryl methyl sites for hydroxylation is 6. The summed E-state index contributed by atoms with van der Waals surface area (Å²) in [5, 5.41) is 8.36. The molecule has 12 heterocycles. The van der Waals surface area contributed by atoms with Gasteiger partial charge in [-0.3, -0.25) is 34.3 Å². The molecule has 20 nitrogen and oxygen atoms in total. The van der Waals surface area contributed by atoms with Crippen LogP contribution < -0.4 is 28.4 Å². The number of benzene rings is 12. The number of allylic oxidation sites excluding steroid dienone is 2. The van der Waals surface area contributed by atoms with Crippen LogP contribution in [0.3, 0.4) is 0 Å². The van der Waals surface area contributed by atoms with Crippen molar-refractivity contribution in [3.05, 3.63) is 371 Å². The Bertz CT molecular complexity index is 6280. The molecule has 1 radical (unpaired) electrons. The van der Waals surface area contributed by atoms with E-state index in [0.717, 1.165) is 240 Å². The largest absolute Gasteiger partial charge is 3.00 e. The minimum Gasteiger partial charge on any atom is -0.512 e. The minimum atomic E-state index is -0.125. The number of aromatic nitrogens is 12. The Morgan fingerprint density at radius 1 is 0.264 bits per heavy atom. The van der Waals surface area contributed by atoms with Crippen molar-refractivity contribution in [3.63, 3.8) is 0 Å². The number of nitrogens with zero attached hydrogens (tertiary/aromatic N) is 12. The van der Waals surface area contributed by atoms with Crippen LogP contribution in [0.25, 0.3) is 102 Å². The fourth-order valence-corrected chi connectivity index (χ4v) is 16.0. The summed E-state index contributed by atoms with van der Waals surface area (Å²) in [6.45, 7) is 27.5. The normalized spacial score (nSPS) is 11.7. The zero-order valence-corrected chi connectivity index (χ0v) is 78.0. The molecule has 0 amide bonds. The number of aliphatic hydroxyl groups excluding tert-OH is 1. The molecule has 643 valence electrons. The van der Waals surface area contributed by atoms with Crippen molar-refractivity contribution >= 4 is 5.78 Å². The molecule has 0 aliphatic carbocycles. The van der Waals surface area contributed by atoms with E-state index in [-0.39, 0.29) is 51.8 Å². The topological polar surface area (TPSA) is 200 Å². The third-order valence-electron chi connectivity index (χ3n) is 22.8. The van der Waals surface area contributed by atoms with Crippen molar-refractivity contribution in [1.82, 2.24) is 57.3 Å². The molecule has 0 unspecified atom stereocenters. The molecular weight excluding hydrogens is 1970 g/mol. The van der Waals surface area contributed by atoms with Gasteiger partial charge < -0.3 is 56.4 Å². The maximum atomic E-state index is 10.0. The molecule has 6 aliphatic rings. The van der Waals surface area contributed by atoms with Crippen molar-refractivity contribution in [1.29, 1.82) is 0 Å². The molecule has 6 aliphatic heterocycles. The first-order chi connectivity index (χ1) is 61.7. The Labute approximate surface area is 775 Å². The van der Waals surface area contributed by atoms with Gasteiger partial charge in [-0.2, -0.15) is 0 Å². The number of ether oxygens (including phenoxy) is 6. The summed E-state index contributed by atoms with van der Waals surface area (Å²) < 4.78 is 49.2. The monoisotopic (exact) mass is 2050 g/mol. The Hall–Kier alpha value is -14.8. The number of fused-ring (bicyclic) bond motifs is 30. The van der Waals surface area contributed by atoms with E-state index in [9.17, 15) is 4.79 Å². The van der Waals surface area contributed by atoms with Crippen molar-refractivity contribution in [2.45, 2.75) is 96.9 Å². The van der Waals surface area contributed by atoms with Crippen LogP contribution in [0.1, 0.15) is 82.2 Å². The molecule has 0 fully saturated rings. The Morgan fingerprint density at radius 2 is 0.442 bits per heavy atom. The summed E-state index contributed by atoms with van der Waals surface area (Å²) >= 11 is 0. The third kappa shape index (κ3) is 16.7. The summed E-state index contributed by atoms with van der Waals surface area (Å²) in [5.41, 5.74) is 24.6. The number of imidazole rings is 6. The minimum absolute atomic E-state index is 0. The number of para-hydroxylation sites is 13. The standard InChI is InChI=1S/C17H14N2O.5C17H13N2O.C5H8O2.2Ir/c6*1-11-12(2)19-14-8-4-6-10-16(14)20-15-9-5-3-7-13(15)17(19)18-11;1-4(6)3-5(2)7;;/h3-10H,1-2H3;5*3-6,8-10H,1-2H3;3,6H,1-2H3;;/q;5*-1;;;+3. The summed E-state index contributed by atoms with van der Waals surface area (Å²) in [4.78, 5) is 38.3. The molecule has 0 saturated carbocycles. The predicted octanol–water partition coefficient (Wildman–Crippen LogP) is 25.6. The molecule has 1 N–H and O–H groups in total. The van der Waals surface area contributed by atoms with Crippen LogP contribution in [0.2, 0.25) is 0 Å². The van der Waals surface area contributed by atoms with Crippen molar-refractivity contribution in [2.24, 2.45) is 0 Å². The molecule has 0 bridgehead atoms. The molecular formula is C107H87Ir2N12O8-2. The summed E-state index contributed by atoms with van der Waals surface area (Å²) in [6.07, 6.45) is 1.17. The summed E-state index contributed by atoms with van der Waals surface area (Å²) in [6, 6.07) is 101. The van der Waals surface area contributed by atoms with Gasteiger partial charge in [-0.15, -0.1) is 121 Å². The maximum Gasteiger partial charge on any atom is 3.00 e. The second kappa shape index (κ2) is 37.0. The number of aliphatic hydroxyl groups is 1. The van der Waals surface area contributed by atoms with Crippen molar-refractivity contribution in [2.75, 3.05) is 0 Å². The number of rotatable bonds is 1. The van der Waals surface area contributed by atoms with Crippen LogP contribution in [0.15, 0.2) is 273 Å². The fourth-order valence-electron chi connectivity index (χ4n) is 16.0. The van der Waals surface area contributed by atoms with Gasteiger partial charge in [0.2, 0.25) is 0 Å². The van der Waals surface area contributed by atoms with Crippen LogP contribution in [0.5, 0.6) is 69.0 Å². The molecule has 0 spiro atoms. The number of hydrogen-bond acceptors (Lipinski definition) is 14. The quantitative estimate of drug-likeness (QED) is 0.0924. The van der Waals surface area contributed by atoms with E-state index in [2.05, 4.69) is 142 Å². The van der Waals surface area contributed by atoms with E-state index in [0.29, 0.717) is 0 Å². The average Bonchev–Trinajstić information content (AvgIpc) is 1.64. The van der Waals surface area contributed by atoms with Gasteiger partial charge in [-0.1, -0.05) is 113 Å². The van der Waals surface area contributed by atoms with E-state index in [4.69, 9.17) is 63.4 Å². The molecule has 6 aromatic heterocycles. The van der Waals surface area contributed by atoms with Gasteiger partial charge in [0, 0.05) is 118 Å². The van der Waals surface area contributed by atoms with Gasteiger partial charge in [-0.25, -0.2) is 4.98 Å². The van der Waals surface area contributed by atoms with Gasteiger partial charge in [-0.05, 0) is 182 Å². The first-order valence-electron chi connectivity index (χ1n) is 41.7. The van der Waals surface area contributed by atoms with Gasteiger partial charge >= 0.3 is 20.1 Å². The zero-order chi connectivity index (χ0) is 88.0. The van der Waals surface area contributed by atoms with Gasteiger partial charge in [0.05, 0.1) is 80.3 Å². The number of carbonyl (C=O) groups is 1. The maximum absolute atomic E-state index is 10.0. The van der Waals surface area contributed by atoms with Crippen LogP contribution in [-0.2, 0) is 45.0 Å². The van der Waals surface area contributed by atoms with Gasteiger partial charge in [0.1, 0.15) is 40.3 Å². The number of carbonyl (C=O) groups excluding carboxylic acids is 1. The molecule has 0 atom stereocenters. The predicted molar refractivity (Wildman–Crippen MR) is 493 cm³/mol. The zero-order valence-electron chi connectivity index (χ0n) is 73.2. The molecule has 24 rings (SSSR count). The molecule has 18 aromatic rings.